The molecule has 37 heavy (non-hydrogen) atoms. The van der Waals surface area contributed by atoms with Gasteiger partial charge < -0.3 is 19.5 Å². The molecule has 0 saturated heterocycles. The summed E-state index contributed by atoms with van der Waals surface area (Å²) in [6.45, 7) is 0.0522. The number of carboxylic acids is 1. The van der Waals surface area contributed by atoms with Gasteiger partial charge in [0.25, 0.3) is 0 Å². The van der Waals surface area contributed by atoms with E-state index in [0.717, 1.165) is 11.4 Å². The van der Waals surface area contributed by atoms with Crippen molar-refractivity contribution in [3.63, 3.8) is 0 Å². The van der Waals surface area contributed by atoms with E-state index in [9.17, 15) is 19.5 Å². The molecular weight excluding hydrogens is 496 g/mol. The van der Waals surface area contributed by atoms with Gasteiger partial charge in [-0.05, 0) is 66.7 Å². The van der Waals surface area contributed by atoms with Gasteiger partial charge in [0, 0.05) is 34.4 Å². The van der Waals surface area contributed by atoms with E-state index in [4.69, 9.17) is 21.1 Å². The zero-order chi connectivity index (χ0) is 26.1. The number of aromatic nitrogens is 1. The number of ether oxygens (including phenoxy) is 2. The molecule has 0 aliphatic carbocycles. The maximum atomic E-state index is 13.1. The van der Waals surface area contributed by atoms with Crippen LogP contribution in [0.4, 0.5) is 11.4 Å². The van der Waals surface area contributed by atoms with Crippen molar-refractivity contribution in [1.82, 2.24) is 4.98 Å². The number of carboxylic acid groups (broad SMARTS) is 1. The number of carbonyl (C=O) groups excluding carboxylic acids is 2. The van der Waals surface area contributed by atoms with Gasteiger partial charge in [-0.1, -0.05) is 17.7 Å². The van der Waals surface area contributed by atoms with Gasteiger partial charge >= 0.3 is 5.97 Å². The van der Waals surface area contributed by atoms with Crippen LogP contribution in [-0.2, 0) is 0 Å². The average molecular weight is 515 g/mol. The van der Waals surface area contributed by atoms with Crippen molar-refractivity contribution in [3.8, 4) is 11.5 Å². The molecular formula is C28H19ClN2O6. The Bertz CT molecular complexity index is 1530. The first-order valence-corrected chi connectivity index (χ1v) is 11.5. The molecule has 0 fully saturated rings. The van der Waals surface area contributed by atoms with Crippen molar-refractivity contribution < 1.29 is 29.0 Å². The minimum absolute atomic E-state index is 0.0455. The summed E-state index contributed by atoms with van der Waals surface area (Å²) in [5.41, 5.74) is 1.79. The lowest BCUT2D eigenvalue weighted by atomic mass is 9.94. The molecule has 0 spiro atoms. The highest BCUT2D eigenvalue weighted by molar-refractivity contribution is 6.30. The number of hydrogen-bond acceptors (Lipinski definition) is 7. The molecule has 5 rings (SSSR count). The number of rotatable bonds is 7. The van der Waals surface area contributed by atoms with Crippen molar-refractivity contribution >= 4 is 40.5 Å². The lowest BCUT2D eigenvalue weighted by Gasteiger charge is -2.19. The largest absolute Gasteiger partial charge is 0.478 e. The van der Waals surface area contributed by atoms with E-state index in [1.54, 1.807) is 36.5 Å². The molecule has 184 valence electrons. The highest BCUT2D eigenvalue weighted by Crippen LogP contribution is 2.33. The topological polar surface area (TPSA) is 106 Å². The number of nitrogens with zero attached hydrogens (tertiary/aromatic N) is 2. The van der Waals surface area contributed by atoms with Crippen LogP contribution in [0.2, 0.25) is 5.02 Å². The summed E-state index contributed by atoms with van der Waals surface area (Å²) in [5.74, 6) is -1.39. The quantitative estimate of drug-likeness (QED) is 0.327. The summed E-state index contributed by atoms with van der Waals surface area (Å²) >= 11 is 5.95. The van der Waals surface area contributed by atoms with E-state index >= 15 is 0 Å². The van der Waals surface area contributed by atoms with Crippen LogP contribution in [0.3, 0.4) is 0 Å². The third kappa shape index (κ3) is 4.74. The molecule has 0 atom stereocenters. The van der Waals surface area contributed by atoms with Crippen LogP contribution < -0.4 is 14.4 Å². The number of hydrogen-bond donors (Lipinski definition) is 1. The Morgan fingerprint density at radius 3 is 2.19 bits per heavy atom. The summed E-state index contributed by atoms with van der Waals surface area (Å²) in [6.07, 6.45) is 1.55. The number of halogens is 1. The Hall–Kier alpha value is -4.69. The van der Waals surface area contributed by atoms with Crippen LogP contribution in [0, 0.1) is 0 Å². The Morgan fingerprint density at radius 1 is 0.811 bits per heavy atom. The lowest BCUT2D eigenvalue weighted by molar-refractivity contribution is 0.0692. The van der Waals surface area contributed by atoms with Crippen LogP contribution in [0.1, 0.15) is 42.3 Å². The minimum atomic E-state index is -1.33. The minimum Gasteiger partial charge on any atom is -0.478 e. The second-order valence-electron chi connectivity index (χ2n) is 8.23. The van der Waals surface area contributed by atoms with Crippen LogP contribution in [0.5, 0.6) is 11.5 Å². The summed E-state index contributed by atoms with van der Waals surface area (Å²) in [4.78, 5) is 44.3. The van der Waals surface area contributed by atoms with E-state index in [1.807, 2.05) is 24.1 Å². The molecule has 1 N–H and O–H groups in total. The maximum Gasteiger partial charge on any atom is 0.336 e. The van der Waals surface area contributed by atoms with Crippen molar-refractivity contribution in [2.45, 2.75) is 0 Å². The monoisotopic (exact) mass is 514 g/mol. The van der Waals surface area contributed by atoms with Crippen molar-refractivity contribution in [2.24, 2.45) is 0 Å². The first kappa shape index (κ1) is 24.0. The van der Waals surface area contributed by atoms with Crippen LogP contribution in [-0.4, -0.2) is 41.5 Å². The smallest absolute Gasteiger partial charge is 0.336 e. The molecule has 0 unspecified atom stereocenters. The summed E-state index contributed by atoms with van der Waals surface area (Å²) in [5, 5.41) is 10.4. The van der Waals surface area contributed by atoms with Crippen LogP contribution in [0.25, 0.3) is 0 Å². The number of benzene rings is 3. The second kappa shape index (κ2) is 9.75. The third-order valence-electron chi connectivity index (χ3n) is 5.97. The second-order valence-corrected chi connectivity index (χ2v) is 8.67. The number of ketones is 2. The van der Waals surface area contributed by atoms with Crippen molar-refractivity contribution in [1.29, 1.82) is 0 Å². The summed E-state index contributed by atoms with van der Waals surface area (Å²) in [7, 11) is 1.86. The number of anilines is 2. The Kier molecular flexibility index (Phi) is 6.33. The predicted octanol–water partition coefficient (Wildman–Crippen LogP) is 5.39. The molecule has 1 aliphatic heterocycles. The van der Waals surface area contributed by atoms with Gasteiger partial charge in [0.15, 0.2) is 17.3 Å². The summed E-state index contributed by atoms with van der Waals surface area (Å²) < 4.78 is 10.6. The van der Waals surface area contributed by atoms with Crippen molar-refractivity contribution in [2.75, 3.05) is 18.7 Å². The molecule has 1 aromatic heterocycles. The number of pyridine rings is 1. The average Bonchev–Trinajstić information content (AvgIpc) is 3.40. The Morgan fingerprint density at radius 2 is 1.49 bits per heavy atom. The number of carbonyl (C=O) groups is 3. The van der Waals surface area contributed by atoms with E-state index in [0.29, 0.717) is 16.5 Å². The SMILES string of the molecule is CN(c1ccc(Cl)cc1)c1ccc(C(=O)c2ccc(C(=O)c3ccc4c(c3)OCO4)c(C(=O)O)c2)nc1. The molecule has 0 amide bonds. The first-order valence-electron chi connectivity index (χ1n) is 11.1. The third-order valence-corrected chi connectivity index (χ3v) is 6.23. The molecule has 0 bridgehead atoms. The molecule has 4 aromatic rings. The molecule has 0 saturated carbocycles. The fourth-order valence-corrected chi connectivity index (χ4v) is 4.06. The van der Waals surface area contributed by atoms with Gasteiger partial charge in [-0.25, -0.2) is 4.79 Å². The molecule has 1 aliphatic rings. The highest BCUT2D eigenvalue weighted by Gasteiger charge is 2.23. The van der Waals surface area contributed by atoms with Crippen LogP contribution >= 0.6 is 11.6 Å². The Labute approximate surface area is 216 Å². The molecule has 8 nitrogen and oxygen atoms in total. The molecule has 0 radical (unpaired) electrons. The van der Waals surface area contributed by atoms with E-state index in [1.165, 1.54) is 30.3 Å². The number of aromatic carboxylic acids is 1. The lowest BCUT2D eigenvalue weighted by Crippen LogP contribution is -2.13. The van der Waals surface area contributed by atoms with Crippen molar-refractivity contribution in [3.05, 3.63) is 112 Å². The fraction of sp³-hybridized carbons (Fsp3) is 0.0714. The van der Waals surface area contributed by atoms with Gasteiger partial charge in [-0.3, -0.25) is 14.6 Å². The zero-order valence-electron chi connectivity index (χ0n) is 19.5. The first-order chi connectivity index (χ1) is 17.8. The maximum absolute atomic E-state index is 13.1. The van der Waals surface area contributed by atoms with Gasteiger partial charge in [0.05, 0.1) is 17.4 Å². The van der Waals surface area contributed by atoms with Gasteiger partial charge in [0.2, 0.25) is 12.6 Å². The van der Waals surface area contributed by atoms with Gasteiger partial charge in [0.1, 0.15) is 5.69 Å². The molecule has 9 heteroatoms. The number of fused-ring (bicyclic) bond motifs is 1. The van der Waals surface area contributed by atoms with Crippen LogP contribution in [0.15, 0.2) is 79.0 Å². The summed E-state index contributed by atoms with van der Waals surface area (Å²) in [6, 6.07) is 19.2. The van der Waals surface area contributed by atoms with E-state index < -0.39 is 17.5 Å². The predicted molar refractivity (Wildman–Crippen MR) is 137 cm³/mol. The zero-order valence-corrected chi connectivity index (χ0v) is 20.2. The standard InChI is InChI=1S/C28H19ClN2O6/c1-31(19-6-4-18(29)5-7-19)20-8-10-23(30-14-20)27(33)16-2-9-21(22(12-16)28(34)35)26(32)17-3-11-24-25(13-17)37-15-36-24/h2-14H,15H2,1H3,(H,34,35). The van der Waals surface area contributed by atoms with E-state index in [2.05, 4.69) is 4.98 Å². The normalized spacial score (nSPS) is 11.7. The van der Waals surface area contributed by atoms with E-state index in [-0.39, 0.29) is 34.7 Å². The molecule has 3 aromatic carbocycles. The van der Waals surface area contributed by atoms with Gasteiger partial charge in [-0.15, -0.1) is 0 Å². The molecule has 2 heterocycles. The van der Waals surface area contributed by atoms with Gasteiger partial charge in [-0.2, -0.15) is 0 Å². The Balaban J connectivity index is 1.40. The highest BCUT2D eigenvalue weighted by atomic mass is 35.5. The fourth-order valence-electron chi connectivity index (χ4n) is 3.93.